The molecule has 214 valence electrons. The Labute approximate surface area is 236 Å². The predicted octanol–water partition coefficient (Wildman–Crippen LogP) is 8.02. The van der Waals surface area contributed by atoms with Crippen LogP contribution in [-0.2, 0) is 19.1 Å². The van der Waals surface area contributed by atoms with Gasteiger partial charge in [-0.25, -0.2) is 0 Å². The molecule has 4 aliphatic rings. The lowest BCUT2D eigenvalue weighted by atomic mass is 9.77. The molecule has 0 spiro atoms. The van der Waals surface area contributed by atoms with E-state index >= 15 is 0 Å². The fourth-order valence-electron chi connectivity index (χ4n) is 7.17. The Bertz CT molecular complexity index is 1040. The van der Waals surface area contributed by atoms with E-state index < -0.39 is 23.0 Å². The van der Waals surface area contributed by atoms with Crippen molar-refractivity contribution in [2.45, 2.75) is 93.3 Å². The summed E-state index contributed by atoms with van der Waals surface area (Å²) in [6, 6.07) is 0. The van der Waals surface area contributed by atoms with Gasteiger partial charge < -0.3 is 9.47 Å². The van der Waals surface area contributed by atoms with Gasteiger partial charge in [0.15, 0.2) is 0 Å². The van der Waals surface area contributed by atoms with E-state index in [0.29, 0.717) is 24.7 Å². The highest BCUT2D eigenvalue weighted by Crippen LogP contribution is 2.61. The number of fused-ring (bicyclic) bond motifs is 2. The summed E-state index contributed by atoms with van der Waals surface area (Å²) in [5.74, 6) is -0.833. The third kappa shape index (κ3) is 5.13. The van der Waals surface area contributed by atoms with Crippen molar-refractivity contribution in [2.24, 2.45) is 52.8 Å². The minimum Gasteiger partial charge on any atom is -0.454 e. The third-order valence-electron chi connectivity index (χ3n) is 10.3. The Morgan fingerprint density at radius 2 is 1.05 bits per heavy atom. The van der Waals surface area contributed by atoms with Crippen LogP contribution in [0.5, 0.6) is 0 Å². The molecule has 0 N–H and O–H groups in total. The van der Waals surface area contributed by atoms with Crippen LogP contribution in [-0.4, -0.2) is 23.1 Å². The Hall–Kier alpha value is -2.36. The van der Waals surface area contributed by atoms with Crippen LogP contribution in [0.4, 0.5) is 0 Å². The number of hydrogen-bond donors (Lipinski definition) is 0. The van der Waals surface area contributed by atoms with Gasteiger partial charge in [0.05, 0.1) is 11.8 Å². The smallest absolute Gasteiger partial charge is 0.311 e. The molecule has 0 aromatic heterocycles. The molecule has 0 heterocycles. The highest BCUT2D eigenvalue weighted by atomic mass is 16.6. The number of carbonyl (C=O) groups excluding carboxylic acids is 2. The third-order valence-corrected chi connectivity index (χ3v) is 10.3. The predicted molar refractivity (Wildman–Crippen MR) is 158 cm³/mol. The van der Waals surface area contributed by atoms with Crippen molar-refractivity contribution in [3.05, 3.63) is 59.8 Å². The maximum Gasteiger partial charge on any atom is 0.311 e. The van der Waals surface area contributed by atoms with E-state index in [1.807, 2.05) is 24.3 Å². The fourth-order valence-corrected chi connectivity index (χ4v) is 7.17. The maximum absolute atomic E-state index is 14.2. The largest absolute Gasteiger partial charge is 0.454 e. The Kier molecular flexibility index (Phi) is 8.02. The molecule has 1 fully saturated rings. The zero-order valence-corrected chi connectivity index (χ0v) is 25.8. The summed E-state index contributed by atoms with van der Waals surface area (Å²) in [6.07, 6.45) is 18.1. The van der Waals surface area contributed by atoms with Gasteiger partial charge in [-0.1, -0.05) is 117 Å². The molecule has 4 rings (SSSR count). The molecule has 4 nitrogen and oxygen atoms in total. The van der Waals surface area contributed by atoms with Crippen LogP contribution < -0.4 is 0 Å². The number of carbonyl (C=O) groups is 2. The van der Waals surface area contributed by atoms with E-state index in [-0.39, 0.29) is 41.0 Å². The van der Waals surface area contributed by atoms with E-state index in [1.54, 1.807) is 0 Å². The summed E-state index contributed by atoms with van der Waals surface area (Å²) >= 11 is 0. The van der Waals surface area contributed by atoms with Crippen molar-refractivity contribution in [1.82, 2.24) is 0 Å². The van der Waals surface area contributed by atoms with E-state index in [2.05, 4.69) is 93.5 Å². The van der Waals surface area contributed by atoms with Crippen LogP contribution in [0.1, 0.15) is 82.1 Å². The molecule has 2 bridgehead atoms. The normalized spacial score (nSPS) is 34.7. The molecule has 39 heavy (non-hydrogen) atoms. The number of esters is 2. The van der Waals surface area contributed by atoms with Gasteiger partial charge in [0.2, 0.25) is 0 Å². The summed E-state index contributed by atoms with van der Waals surface area (Å²) in [5, 5.41) is 0. The minimum atomic E-state index is -0.711. The first kappa shape index (κ1) is 29.6. The van der Waals surface area contributed by atoms with Crippen LogP contribution in [0.2, 0.25) is 0 Å². The van der Waals surface area contributed by atoms with Crippen LogP contribution in [0.15, 0.2) is 59.8 Å². The summed E-state index contributed by atoms with van der Waals surface area (Å²) in [6.45, 7) is 21.5. The second kappa shape index (κ2) is 10.6. The molecule has 0 saturated heterocycles. The first-order valence-corrected chi connectivity index (χ1v) is 15.1. The van der Waals surface area contributed by atoms with Gasteiger partial charge in [-0.3, -0.25) is 9.59 Å². The van der Waals surface area contributed by atoms with Gasteiger partial charge in [0.1, 0.15) is 11.2 Å². The highest BCUT2D eigenvalue weighted by Gasteiger charge is 2.63. The molecule has 0 amide bonds. The lowest BCUT2D eigenvalue weighted by Crippen LogP contribution is -2.47. The summed E-state index contributed by atoms with van der Waals surface area (Å²) in [7, 11) is 0. The molecular weight excluding hydrogens is 484 g/mol. The summed E-state index contributed by atoms with van der Waals surface area (Å²) < 4.78 is 13.0. The molecule has 6 unspecified atom stereocenters. The van der Waals surface area contributed by atoms with Crippen LogP contribution >= 0.6 is 0 Å². The number of ether oxygens (including phenoxy) is 2. The minimum absolute atomic E-state index is 0.0625. The standard InChI is InChI=1S/C35H50O4/c1-21(2)25-13-11-17-34(19-25,23(5)6)38-31(36)29-27-15-16-28(33(27,9)10)30(29)32(37)39-35(24(7)8)18-12-14-26(20-35)22(3)4/h11-18,21-24,27-30H,19-20H2,1-10H3. The zero-order valence-electron chi connectivity index (χ0n) is 25.8. The van der Waals surface area contributed by atoms with Gasteiger partial charge in [-0.2, -0.15) is 0 Å². The molecule has 4 aliphatic carbocycles. The van der Waals surface area contributed by atoms with Crippen LogP contribution in [0, 0.1) is 52.8 Å². The van der Waals surface area contributed by atoms with Gasteiger partial charge >= 0.3 is 11.9 Å². The van der Waals surface area contributed by atoms with Gasteiger partial charge in [0, 0.05) is 12.8 Å². The van der Waals surface area contributed by atoms with Crippen molar-refractivity contribution in [3.63, 3.8) is 0 Å². The van der Waals surface area contributed by atoms with E-state index in [9.17, 15) is 9.59 Å². The van der Waals surface area contributed by atoms with E-state index in [0.717, 1.165) is 0 Å². The molecular formula is C35H50O4. The SMILES string of the molecule is CC(C)C1=CC=CC(OC(=O)C2C(C(=O)OC3(C(C)C)C=CC=C(C(C)C)C3)C3C=CC2C3(C)C)(C(C)C)C1. The molecule has 0 aromatic carbocycles. The maximum atomic E-state index is 14.2. The molecule has 0 aliphatic heterocycles. The Balaban J connectivity index is 1.64. The first-order valence-electron chi connectivity index (χ1n) is 15.1. The van der Waals surface area contributed by atoms with Crippen molar-refractivity contribution < 1.29 is 19.1 Å². The first-order chi connectivity index (χ1) is 18.1. The number of allylic oxidation sites excluding steroid dienone is 6. The average Bonchev–Trinajstić information content (AvgIpc) is 3.28. The molecule has 0 aromatic rings. The molecule has 1 saturated carbocycles. The molecule has 4 heteroatoms. The second-order valence-electron chi connectivity index (χ2n) is 14.2. The number of rotatable bonds is 8. The Morgan fingerprint density at radius 3 is 1.36 bits per heavy atom. The second-order valence-corrected chi connectivity index (χ2v) is 14.2. The molecule has 0 radical (unpaired) electrons. The van der Waals surface area contributed by atoms with Gasteiger partial charge in [-0.05, 0) is 53.1 Å². The lowest BCUT2D eigenvalue weighted by molar-refractivity contribution is -0.178. The van der Waals surface area contributed by atoms with E-state index in [4.69, 9.17) is 9.47 Å². The van der Waals surface area contributed by atoms with Gasteiger partial charge in [0.25, 0.3) is 0 Å². The topological polar surface area (TPSA) is 52.6 Å². The Morgan fingerprint density at radius 1 is 0.692 bits per heavy atom. The molecule has 6 atom stereocenters. The van der Waals surface area contributed by atoms with E-state index in [1.165, 1.54) is 11.1 Å². The zero-order chi connectivity index (χ0) is 28.9. The highest BCUT2D eigenvalue weighted by molar-refractivity contribution is 5.85. The average molecular weight is 535 g/mol. The quantitative estimate of drug-likeness (QED) is 0.234. The van der Waals surface area contributed by atoms with Gasteiger partial charge in [-0.15, -0.1) is 0 Å². The summed E-state index contributed by atoms with van der Waals surface area (Å²) in [5.41, 5.74) is 0.913. The van der Waals surface area contributed by atoms with Crippen LogP contribution in [0.25, 0.3) is 0 Å². The van der Waals surface area contributed by atoms with Crippen molar-refractivity contribution in [2.75, 3.05) is 0 Å². The fraction of sp³-hybridized carbons (Fsp3) is 0.657. The van der Waals surface area contributed by atoms with Crippen molar-refractivity contribution >= 4 is 11.9 Å². The van der Waals surface area contributed by atoms with Crippen molar-refractivity contribution in [3.8, 4) is 0 Å². The lowest BCUT2D eigenvalue weighted by Gasteiger charge is -2.41. The monoisotopic (exact) mass is 534 g/mol. The van der Waals surface area contributed by atoms with Crippen molar-refractivity contribution in [1.29, 1.82) is 0 Å². The van der Waals surface area contributed by atoms with Crippen LogP contribution in [0.3, 0.4) is 0 Å². The number of hydrogen-bond acceptors (Lipinski definition) is 4. The summed E-state index contributed by atoms with van der Waals surface area (Å²) in [4.78, 5) is 28.4.